The number of hydrogen-bond donors (Lipinski definition) is 2. The third-order valence-corrected chi connectivity index (χ3v) is 2.19. The molecule has 5 heteroatoms. The zero-order chi connectivity index (χ0) is 13.5. The average molecular weight is 252 g/mol. The Hall–Kier alpha value is -1.59. The first-order chi connectivity index (χ1) is 8.54. The van der Waals surface area contributed by atoms with Crippen LogP contribution in [0, 0.1) is 0 Å². The van der Waals surface area contributed by atoms with Gasteiger partial charge in [-0.05, 0) is 26.0 Å². The highest BCUT2D eigenvalue weighted by Gasteiger charge is 2.15. The van der Waals surface area contributed by atoms with Crippen LogP contribution in [0.1, 0.15) is 13.8 Å². The molecule has 0 aliphatic heterocycles. The highest BCUT2D eigenvalue weighted by molar-refractivity contribution is 5.96. The van der Waals surface area contributed by atoms with Crippen molar-refractivity contribution in [3.8, 4) is 5.75 Å². The summed E-state index contributed by atoms with van der Waals surface area (Å²) < 4.78 is 10.4. The first-order valence-corrected chi connectivity index (χ1v) is 5.85. The highest BCUT2D eigenvalue weighted by atomic mass is 16.5. The Labute approximate surface area is 107 Å². The van der Waals surface area contributed by atoms with Gasteiger partial charge in [-0.25, -0.2) is 0 Å². The summed E-state index contributed by atoms with van der Waals surface area (Å²) in [4.78, 5) is 11.8. The van der Waals surface area contributed by atoms with Gasteiger partial charge in [0.05, 0.1) is 18.4 Å². The maximum absolute atomic E-state index is 11.8. The molecule has 1 aromatic rings. The predicted octanol–water partition coefficient (Wildman–Crippen LogP) is 1.39. The van der Waals surface area contributed by atoms with Crippen LogP contribution in [-0.4, -0.2) is 31.8 Å². The molecule has 1 rings (SSSR count). The first-order valence-electron chi connectivity index (χ1n) is 5.85. The molecule has 18 heavy (non-hydrogen) atoms. The van der Waals surface area contributed by atoms with Crippen molar-refractivity contribution in [2.75, 3.05) is 19.0 Å². The third kappa shape index (κ3) is 4.35. The molecule has 0 aromatic heterocycles. The second kappa shape index (κ2) is 6.98. The minimum atomic E-state index is -0.692. The fourth-order valence-electron chi connectivity index (χ4n) is 1.41. The van der Waals surface area contributed by atoms with E-state index in [9.17, 15) is 4.79 Å². The fourth-order valence-corrected chi connectivity index (χ4v) is 1.41. The summed E-state index contributed by atoms with van der Waals surface area (Å²) in [5.41, 5.74) is 6.26. The lowest BCUT2D eigenvalue weighted by Gasteiger charge is -2.16. The van der Waals surface area contributed by atoms with Gasteiger partial charge in [0.15, 0.2) is 0 Å². The molecular formula is C13H20N2O3. The number of anilines is 1. The molecule has 0 spiro atoms. The van der Waals surface area contributed by atoms with Gasteiger partial charge in [0, 0.05) is 7.11 Å². The Morgan fingerprint density at radius 1 is 1.39 bits per heavy atom. The molecule has 0 heterocycles. The zero-order valence-corrected chi connectivity index (χ0v) is 11.0. The highest BCUT2D eigenvalue weighted by Crippen LogP contribution is 2.24. The smallest absolute Gasteiger partial charge is 0.243 e. The van der Waals surface area contributed by atoms with E-state index >= 15 is 0 Å². The molecule has 1 amide bonds. The van der Waals surface area contributed by atoms with Crippen molar-refractivity contribution < 1.29 is 14.3 Å². The molecule has 1 atom stereocenters. The van der Waals surface area contributed by atoms with E-state index < -0.39 is 6.04 Å². The van der Waals surface area contributed by atoms with Crippen LogP contribution in [0.25, 0.3) is 0 Å². The second-order valence-electron chi connectivity index (χ2n) is 4.21. The van der Waals surface area contributed by atoms with Crippen LogP contribution in [0.4, 0.5) is 5.69 Å². The van der Waals surface area contributed by atoms with Crippen molar-refractivity contribution >= 4 is 11.6 Å². The minimum absolute atomic E-state index is 0.0377. The monoisotopic (exact) mass is 252 g/mol. The largest absolute Gasteiger partial charge is 0.489 e. The van der Waals surface area contributed by atoms with Gasteiger partial charge in [-0.2, -0.15) is 0 Å². The van der Waals surface area contributed by atoms with E-state index in [0.29, 0.717) is 11.4 Å². The molecule has 0 aliphatic carbocycles. The van der Waals surface area contributed by atoms with Crippen molar-refractivity contribution in [1.82, 2.24) is 0 Å². The summed E-state index contributed by atoms with van der Waals surface area (Å²) in [6.07, 6.45) is 0.0377. The molecule has 0 bridgehead atoms. The molecule has 100 valence electrons. The number of ether oxygens (including phenoxy) is 2. The number of carbonyl (C=O) groups is 1. The number of benzene rings is 1. The van der Waals surface area contributed by atoms with Gasteiger partial charge in [-0.1, -0.05) is 12.1 Å². The lowest BCUT2D eigenvalue weighted by Crippen LogP contribution is -2.39. The van der Waals surface area contributed by atoms with Crippen LogP contribution in [0.3, 0.4) is 0 Å². The lowest BCUT2D eigenvalue weighted by atomic mass is 10.2. The van der Waals surface area contributed by atoms with E-state index in [4.69, 9.17) is 15.2 Å². The molecular weight excluding hydrogens is 232 g/mol. The van der Waals surface area contributed by atoms with Crippen LogP contribution >= 0.6 is 0 Å². The fraction of sp³-hybridized carbons (Fsp3) is 0.462. The average Bonchev–Trinajstić information content (AvgIpc) is 2.31. The predicted molar refractivity (Wildman–Crippen MR) is 70.7 cm³/mol. The molecule has 0 saturated carbocycles. The molecule has 1 aromatic carbocycles. The van der Waals surface area contributed by atoms with Gasteiger partial charge in [-0.15, -0.1) is 0 Å². The number of nitrogens with one attached hydrogen (secondary N) is 1. The number of amides is 1. The molecule has 0 saturated heterocycles. The van der Waals surface area contributed by atoms with Gasteiger partial charge in [0.1, 0.15) is 11.8 Å². The van der Waals surface area contributed by atoms with E-state index in [0.717, 1.165) is 0 Å². The molecule has 1 unspecified atom stereocenters. The van der Waals surface area contributed by atoms with Crippen molar-refractivity contribution in [2.24, 2.45) is 5.73 Å². The number of hydrogen-bond acceptors (Lipinski definition) is 4. The summed E-state index contributed by atoms with van der Waals surface area (Å²) in [6, 6.07) is 6.56. The van der Waals surface area contributed by atoms with E-state index in [-0.39, 0.29) is 18.6 Å². The van der Waals surface area contributed by atoms with Crippen LogP contribution < -0.4 is 15.8 Å². The Morgan fingerprint density at radius 3 is 2.67 bits per heavy atom. The van der Waals surface area contributed by atoms with Gasteiger partial charge >= 0.3 is 0 Å². The third-order valence-electron chi connectivity index (χ3n) is 2.19. The Balaban J connectivity index is 2.74. The van der Waals surface area contributed by atoms with Crippen LogP contribution in [0.2, 0.25) is 0 Å². The molecule has 0 fully saturated rings. The van der Waals surface area contributed by atoms with E-state index in [2.05, 4.69) is 5.32 Å². The number of carbonyl (C=O) groups excluding carboxylic acids is 1. The Kier molecular flexibility index (Phi) is 5.61. The Bertz CT molecular complexity index is 394. The SMILES string of the molecule is COCC(N)C(=O)Nc1ccccc1OC(C)C. The first kappa shape index (κ1) is 14.5. The normalized spacial score (nSPS) is 12.3. The zero-order valence-electron chi connectivity index (χ0n) is 11.0. The topological polar surface area (TPSA) is 73.6 Å². The van der Waals surface area contributed by atoms with Gasteiger partial charge < -0.3 is 20.5 Å². The maximum atomic E-state index is 11.8. The number of para-hydroxylation sites is 2. The number of nitrogens with two attached hydrogens (primary N) is 1. The summed E-state index contributed by atoms with van der Waals surface area (Å²) >= 11 is 0. The number of methoxy groups -OCH3 is 1. The van der Waals surface area contributed by atoms with Gasteiger partial charge in [0.25, 0.3) is 0 Å². The van der Waals surface area contributed by atoms with Crippen LogP contribution in [-0.2, 0) is 9.53 Å². The lowest BCUT2D eigenvalue weighted by molar-refractivity contribution is -0.118. The Morgan fingerprint density at radius 2 is 2.06 bits per heavy atom. The maximum Gasteiger partial charge on any atom is 0.243 e. The van der Waals surface area contributed by atoms with Crippen LogP contribution in [0.5, 0.6) is 5.75 Å². The van der Waals surface area contributed by atoms with Crippen molar-refractivity contribution in [3.63, 3.8) is 0 Å². The van der Waals surface area contributed by atoms with Crippen molar-refractivity contribution in [1.29, 1.82) is 0 Å². The van der Waals surface area contributed by atoms with Crippen LogP contribution in [0.15, 0.2) is 24.3 Å². The summed E-state index contributed by atoms with van der Waals surface area (Å²) in [5.74, 6) is 0.335. The van der Waals surface area contributed by atoms with E-state index in [1.807, 2.05) is 26.0 Å². The molecule has 0 radical (unpaired) electrons. The van der Waals surface area contributed by atoms with E-state index in [1.165, 1.54) is 7.11 Å². The minimum Gasteiger partial charge on any atom is -0.489 e. The van der Waals surface area contributed by atoms with Gasteiger partial charge in [-0.3, -0.25) is 4.79 Å². The van der Waals surface area contributed by atoms with E-state index in [1.54, 1.807) is 12.1 Å². The number of rotatable bonds is 6. The summed E-state index contributed by atoms with van der Waals surface area (Å²) in [5, 5.41) is 2.73. The summed E-state index contributed by atoms with van der Waals surface area (Å²) in [6.45, 7) is 4.03. The van der Waals surface area contributed by atoms with Gasteiger partial charge in [0.2, 0.25) is 5.91 Å². The molecule has 0 aliphatic rings. The molecule has 5 nitrogen and oxygen atoms in total. The van der Waals surface area contributed by atoms with Crippen molar-refractivity contribution in [2.45, 2.75) is 26.0 Å². The second-order valence-corrected chi connectivity index (χ2v) is 4.21. The summed E-state index contributed by atoms with van der Waals surface area (Å²) in [7, 11) is 1.50. The van der Waals surface area contributed by atoms with Crippen molar-refractivity contribution in [3.05, 3.63) is 24.3 Å². The standard InChI is InChI=1S/C13H20N2O3/c1-9(2)18-12-7-5-4-6-11(12)15-13(16)10(14)8-17-3/h4-7,9-10H,8,14H2,1-3H3,(H,15,16). The quantitative estimate of drug-likeness (QED) is 0.802. The molecule has 3 N–H and O–H groups in total.